The number of ether oxygens (including phenoxy) is 2. The van der Waals surface area contributed by atoms with Crippen molar-refractivity contribution in [1.82, 2.24) is 0 Å². The summed E-state index contributed by atoms with van der Waals surface area (Å²) >= 11 is 0. The van der Waals surface area contributed by atoms with Crippen LogP contribution in [-0.4, -0.2) is 13.2 Å². The molecule has 0 spiro atoms. The highest BCUT2D eigenvalue weighted by molar-refractivity contribution is 5.40. The van der Waals surface area contributed by atoms with Crippen molar-refractivity contribution < 1.29 is 9.47 Å². The maximum absolute atomic E-state index is 5.84. The third-order valence-electron chi connectivity index (χ3n) is 2.82. The third-order valence-corrected chi connectivity index (χ3v) is 2.82. The molecule has 0 aliphatic carbocycles. The smallest absolute Gasteiger partial charge is 0.130 e. The summed E-state index contributed by atoms with van der Waals surface area (Å²) in [5.74, 6) is 1.85. The molecule has 108 valence electrons. The van der Waals surface area contributed by atoms with Crippen LogP contribution in [0.1, 0.15) is 25.0 Å². The fourth-order valence-electron chi connectivity index (χ4n) is 1.66. The largest absolute Gasteiger partial charge is 0.457 e. The van der Waals surface area contributed by atoms with Gasteiger partial charge < -0.3 is 9.47 Å². The molecular formula is C18H24O2. The van der Waals surface area contributed by atoms with E-state index in [9.17, 15) is 0 Å². The zero-order chi connectivity index (χ0) is 14.8. The van der Waals surface area contributed by atoms with Gasteiger partial charge in [0.1, 0.15) is 11.5 Å². The molecule has 2 rings (SSSR count). The summed E-state index contributed by atoms with van der Waals surface area (Å²) in [5.41, 5.74) is 2.31. The average molecular weight is 272 g/mol. The molecule has 2 aromatic rings. The quantitative estimate of drug-likeness (QED) is 0.767. The first-order valence-corrected chi connectivity index (χ1v) is 7.05. The molecule has 0 aliphatic heterocycles. The van der Waals surface area contributed by atoms with Crippen LogP contribution in [0.5, 0.6) is 11.5 Å². The fraction of sp³-hybridized carbons (Fsp3) is 0.333. The Morgan fingerprint density at radius 3 is 1.40 bits per heavy atom. The second kappa shape index (κ2) is 9.16. The summed E-state index contributed by atoms with van der Waals surface area (Å²) < 4.78 is 10.7. The van der Waals surface area contributed by atoms with Gasteiger partial charge in [0.15, 0.2) is 0 Å². The topological polar surface area (TPSA) is 18.5 Å². The number of benzene rings is 2. The van der Waals surface area contributed by atoms with Crippen molar-refractivity contribution in [3.8, 4) is 11.5 Å². The number of hydrogen-bond donors (Lipinski definition) is 0. The molecule has 0 saturated carbocycles. The molecule has 0 radical (unpaired) electrons. The zero-order valence-electron chi connectivity index (χ0n) is 12.8. The number of para-hydroxylation sites is 2. The van der Waals surface area contributed by atoms with Gasteiger partial charge in [-0.25, -0.2) is 0 Å². The predicted molar refractivity (Wildman–Crippen MR) is 84.6 cm³/mol. The van der Waals surface area contributed by atoms with Gasteiger partial charge in [-0.05, 0) is 51.0 Å². The van der Waals surface area contributed by atoms with Crippen molar-refractivity contribution >= 4 is 0 Å². The molecule has 0 unspecified atom stereocenters. The molecule has 0 amide bonds. The normalized spacial score (nSPS) is 9.60. The third kappa shape index (κ3) is 5.45. The zero-order valence-corrected chi connectivity index (χ0v) is 12.8. The van der Waals surface area contributed by atoms with E-state index in [-0.39, 0.29) is 0 Å². The fourth-order valence-corrected chi connectivity index (χ4v) is 1.66. The highest BCUT2D eigenvalue weighted by Gasteiger charge is 2.01. The summed E-state index contributed by atoms with van der Waals surface area (Å²) in [4.78, 5) is 0. The van der Waals surface area contributed by atoms with Crippen molar-refractivity contribution in [2.45, 2.75) is 27.7 Å². The monoisotopic (exact) mass is 272 g/mol. The van der Waals surface area contributed by atoms with Crippen LogP contribution in [0.2, 0.25) is 0 Å². The maximum Gasteiger partial charge on any atom is 0.130 e. The second-order valence-electron chi connectivity index (χ2n) is 4.41. The molecule has 0 aliphatic rings. The van der Waals surface area contributed by atoms with Crippen molar-refractivity contribution in [1.29, 1.82) is 0 Å². The first kappa shape index (κ1) is 16.3. The molecule has 2 nitrogen and oxygen atoms in total. The van der Waals surface area contributed by atoms with Crippen molar-refractivity contribution in [3.05, 3.63) is 59.7 Å². The van der Waals surface area contributed by atoms with Crippen LogP contribution in [-0.2, 0) is 4.74 Å². The highest BCUT2D eigenvalue weighted by Crippen LogP contribution is 2.26. The van der Waals surface area contributed by atoms with Crippen LogP contribution < -0.4 is 4.74 Å². The summed E-state index contributed by atoms with van der Waals surface area (Å²) in [6.07, 6.45) is 0. The van der Waals surface area contributed by atoms with E-state index in [4.69, 9.17) is 9.47 Å². The minimum absolute atomic E-state index is 0.844. The number of hydrogen-bond acceptors (Lipinski definition) is 2. The predicted octanol–water partition coefficient (Wildman–Crippen LogP) is 5.14. The molecule has 0 heterocycles. The van der Waals surface area contributed by atoms with Crippen LogP contribution in [0.25, 0.3) is 0 Å². The molecule has 0 fully saturated rings. The first-order chi connectivity index (χ1) is 9.69. The van der Waals surface area contributed by atoms with Crippen LogP contribution in [0.15, 0.2) is 48.5 Å². The summed E-state index contributed by atoms with van der Waals surface area (Å²) in [5, 5.41) is 0. The lowest BCUT2D eigenvalue weighted by molar-refractivity contribution is 0.162. The summed E-state index contributed by atoms with van der Waals surface area (Å²) in [7, 11) is 0. The lowest BCUT2D eigenvalue weighted by Crippen LogP contribution is -1.88. The molecule has 2 heteroatoms. The minimum Gasteiger partial charge on any atom is -0.457 e. The van der Waals surface area contributed by atoms with E-state index in [2.05, 4.69) is 0 Å². The van der Waals surface area contributed by atoms with E-state index in [0.29, 0.717) is 0 Å². The Kier molecular flexibility index (Phi) is 7.44. The van der Waals surface area contributed by atoms with E-state index < -0.39 is 0 Å². The summed E-state index contributed by atoms with van der Waals surface area (Å²) in [6.45, 7) is 9.77. The van der Waals surface area contributed by atoms with Crippen LogP contribution in [0.3, 0.4) is 0 Å². The molecular weight excluding hydrogens is 248 g/mol. The van der Waals surface area contributed by atoms with Gasteiger partial charge in [-0.2, -0.15) is 0 Å². The van der Waals surface area contributed by atoms with E-state index in [1.165, 1.54) is 0 Å². The van der Waals surface area contributed by atoms with Gasteiger partial charge in [0.2, 0.25) is 0 Å². The Morgan fingerprint density at radius 1 is 0.700 bits per heavy atom. The molecule has 2 aromatic carbocycles. The van der Waals surface area contributed by atoms with Crippen LogP contribution >= 0.6 is 0 Å². The lowest BCUT2D eigenvalue weighted by atomic mass is 10.2. The van der Waals surface area contributed by atoms with E-state index in [1.54, 1.807) is 0 Å². The van der Waals surface area contributed by atoms with Gasteiger partial charge in [0.05, 0.1) is 0 Å². The molecule has 0 bridgehead atoms. The van der Waals surface area contributed by atoms with Gasteiger partial charge >= 0.3 is 0 Å². The van der Waals surface area contributed by atoms with Crippen molar-refractivity contribution in [2.75, 3.05) is 13.2 Å². The number of rotatable bonds is 4. The van der Waals surface area contributed by atoms with Gasteiger partial charge in [0.25, 0.3) is 0 Å². The average Bonchev–Trinajstić information content (AvgIpc) is 2.45. The second-order valence-corrected chi connectivity index (χ2v) is 4.41. The lowest BCUT2D eigenvalue weighted by Gasteiger charge is -2.10. The highest BCUT2D eigenvalue weighted by atomic mass is 16.5. The van der Waals surface area contributed by atoms with Crippen molar-refractivity contribution in [2.24, 2.45) is 0 Å². The maximum atomic E-state index is 5.84. The molecule has 20 heavy (non-hydrogen) atoms. The van der Waals surface area contributed by atoms with E-state index in [0.717, 1.165) is 35.8 Å². The van der Waals surface area contributed by atoms with E-state index >= 15 is 0 Å². The molecule has 0 N–H and O–H groups in total. The standard InChI is InChI=1S/C14H14O.C4H10O/c1-11-7-3-5-9-13(11)15-14-10-6-4-8-12(14)2;1-3-5-4-2/h3-10H,1-2H3;3-4H2,1-2H3. The SMILES string of the molecule is CCOCC.Cc1ccccc1Oc1ccccc1C. The van der Waals surface area contributed by atoms with Gasteiger partial charge in [-0.3, -0.25) is 0 Å². The Morgan fingerprint density at radius 2 is 1.10 bits per heavy atom. The van der Waals surface area contributed by atoms with Gasteiger partial charge in [0, 0.05) is 13.2 Å². The Hall–Kier alpha value is -1.80. The number of aryl methyl sites for hydroxylation is 2. The molecule has 0 saturated heterocycles. The Balaban J connectivity index is 0.000000347. The first-order valence-electron chi connectivity index (χ1n) is 7.05. The van der Waals surface area contributed by atoms with Crippen molar-refractivity contribution in [3.63, 3.8) is 0 Å². The summed E-state index contributed by atoms with van der Waals surface area (Å²) in [6, 6.07) is 16.1. The molecule has 0 aromatic heterocycles. The van der Waals surface area contributed by atoms with Gasteiger partial charge in [-0.15, -0.1) is 0 Å². The Bertz CT molecular complexity index is 461. The van der Waals surface area contributed by atoms with Gasteiger partial charge in [-0.1, -0.05) is 36.4 Å². The van der Waals surface area contributed by atoms with Crippen LogP contribution in [0.4, 0.5) is 0 Å². The van der Waals surface area contributed by atoms with E-state index in [1.807, 2.05) is 76.2 Å². The molecule has 0 atom stereocenters. The van der Waals surface area contributed by atoms with Crippen LogP contribution in [0, 0.1) is 13.8 Å². The minimum atomic E-state index is 0.844. The Labute approximate surface area is 122 Å².